The predicted molar refractivity (Wildman–Crippen MR) is 128 cm³/mol. The average Bonchev–Trinajstić information content (AvgIpc) is 3.01. The summed E-state index contributed by atoms with van der Waals surface area (Å²) < 4.78 is 59.9. The Morgan fingerprint density at radius 2 is 1.82 bits per heavy atom. The molecule has 3 N–H and O–H groups in total. The second-order valence-electron chi connectivity index (χ2n) is 11.0. The van der Waals surface area contributed by atoms with Crippen LogP contribution in [0.3, 0.4) is 0 Å². The topological polar surface area (TPSA) is 185 Å². The fourth-order valence-electron chi connectivity index (χ4n) is 2.95. The second kappa shape index (κ2) is 12.0. The van der Waals surface area contributed by atoms with Gasteiger partial charge >= 0.3 is 19.5 Å². The summed E-state index contributed by atoms with van der Waals surface area (Å²) in [5.74, 6) is -0.681. The zero-order chi connectivity index (χ0) is 29.1. The molecule has 2 heterocycles. The van der Waals surface area contributed by atoms with Crippen molar-refractivity contribution in [2.24, 2.45) is 10.8 Å². The molecule has 0 bridgehead atoms. The molecule has 38 heavy (non-hydrogen) atoms. The number of phosphoric ester groups is 1. The number of halogens is 1. The molecule has 1 aromatic rings. The SMILES string of the molecule is CC(C)(C)C(=O)OCOP(=O)(OCOC(O)C(C)(C)C)OC[C@@]1(C)O[C@@H](n2ccc(=O)[nH]c2=O)[C@H](F)[C@@H]1O. The highest BCUT2D eigenvalue weighted by Gasteiger charge is 2.54. The van der Waals surface area contributed by atoms with Gasteiger partial charge in [-0.15, -0.1) is 0 Å². The van der Waals surface area contributed by atoms with Crippen molar-refractivity contribution >= 4 is 13.8 Å². The summed E-state index contributed by atoms with van der Waals surface area (Å²) in [6.45, 7) is 8.59. The van der Waals surface area contributed by atoms with E-state index in [1.54, 1.807) is 41.5 Å². The third-order valence-electron chi connectivity index (χ3n) is 5.42. The van der Waals surface area contributed by atoms with Crippen LogP contribution in [-0.2, 0) is 37.1 Å². The van der Waals surface area contributed by atoms with Crippen LogP contribution in [0.15, 0.2) is 21.9 Å². The van der Waals surface area contributed by atoms with E-state index in [1.165, 1.54) is 6.92 Å². The number of hydrogen-bond acceptors (Lipinski definition) is 12. The number of carbonyl (C=O) groups excluding carboxylic acids is 1. The molecular formula is C22H36FN2O12P. The van der Waals surface area contributed by atoms with Crippen molar-refractivity contribution in [3.8, 4) is 0 Å². The van der Waals surface area contributed by atoms with Gasteiger partial charge in [0.05, 0.1) is 12.0 Å². The number of rotatable bonds is 11. The third kappa shape index (κ3) is 8.26. The number of nitrogens with zero attached hydrogens (tertiary/aromatic N) is 1. The molecule has 0 aliphatic carbocycles. The zero-order valence-electron chi connectivity index (χ0n) is 22.3. The molecule has 16 heteroatoms. The fourth-order valence-corrected chi connectivity index (χ4v) is 3.96. The van der Waals surface area contributed by atoms with Crippen LogP contribution in [0, 0.1) is 10.8 Å². The van der Waals surface area contributed by atoms with Gasteiger partial charge in [0.15, 0.2) is 25.5 Å². The molecule has 2 unspecified atom stereocenters. The number of alkyl halides is 1. The lowest BCUT2D eigenvalue weighted by molar-refractivity contribution is -0.196. The Labute approximate surface area is 218 Å². The molecule has 1 saturated heterocycles. The van der Waals surface area contributed by atoms with Crippen molar-refractivity contribution in [1.82, 2.24) is 9.55 Å². The van der Waals surface area contributed by atoms with Crippen molar-refractivity contribution in [2.75, 3.05) is 20.2 Å². The van der Waals surface area contributed by atoms with Gasteiger partial charge in [0, 0.05) is 17.7 Å². The molecule has 0 spiro atoms. The second-order valence-corrected chi connectivity index (χ2v) is 12.7. The van der Waals surface area contributed by atoms with E-state index in [0.717, 1.165) is 16.8 Å². The number of phosphoric acid groups is 1. The van der Waals surface area contributed by atoms with Gasteiger partial charge in [-0.05, 0) is 27.7 Å². The minimum absolute atomic E-state index is 0.681. The van der Waals surface area contributed by atoms with E-state index in [-0.39, 0.29) is 0 Å². The van der Waals surface area contributed by atoms with E-state index in [9.17, 15) is 33.6 Å². The van der Waals surface area contributed by atoms with Gasteiger partial charge in [-0.2, -0.15) is 0 Å². The molecule has 14 nitrogen and oxygen atoms in total. The highest BCUT2D eigenvalue weighted by atomic mass is 31.2. The van der Waals surface area contributed by atoms with E-state index in [4.69, 9.17) is 27.8 Å². The maximum Gasteiger partial charge on any atom is 0.479 e. The Morgan fingerprint density at radius 3 is 2.37 bits per heavy atom. The number of ether oxygens (including phenoxy) is 3. The number of aliphatic hydroxyl groups is 2. The van der Waals surface area contributed by atoms with Crippen LogP contribution in [0.25, 0.3) is 0 Å². The number of esters is 1. The van der Waals surface area contributed by atoms with E-state index in [0.29, 0.717) is 0 Å². The van der Waals surface area contributed by atoms with E-state index >= 15 is 0 Å². The van der Waals surface area contributed by atoms with Crippen LogP contribution in [0.4, 0.5) is 4.39 Å². The molecule has 0 aromatic carbocycles. The van der Waals surface area contributed by atoms with Crippen LogP contribution >= 0.6 is 7.82 Å². The van der Waals surface area contributed by atoms with Gasteiger partial charge < -0.3 is 24.4 Å². The van der Waals surface area contributed by atoms with Crippen LogP contribution < -0.4 is 11.2 Å². The monoisotopic (exact) mass is 570 g/mol. The van der Waals surface area contributed by atoms with Gasteiger partial charge in [-0.1, -0.05) is 20.8 Å². The average molecular weight is 571 g/mol. The lowest BCUT2D eigenvalue weighted by Crippen LogP contribution is -2.43. The molecule has 0 saturated carbocycles. The molecular weight excluding hydrogens is 534 g/mol. The maximum atomic E-state index is 15.0. The van der Waals surface area contributed by atoms with Gasteiger partial charge in [0.2, 0.25) is 6.79 Å². The van der Waals surface area contributed by atoms with E-state index in [1.807, 2.05) is 4.98 Å². The number of hydrogen-bond donors (Lipinski definition) is 3. The largest absolute Gasteiger partial charge is 0.479 e. The van der Waals surface area contributed by atoms with E-state index < -0.39 is 86.5 Å². The van der Waals surface area contributed by atoms with Crippen molar-refractivity contribution < 1.29 is 51.7 Å². The highest BCUT2D eigenvalue weighted by Crippen LogP contribution is 2.51. The molecule has 1 aliphatic heterocycles. The minimum Gasteiger partial charge on any atom is -0.437 e. The Hall–Kier alpha value is -1.97. The number of nitrogens with one attached hydrogen (secondary N) is 1. The van der Waals surface area contributed by atoms with Crippen LogP contribution in [0.1, 0.15) is 54.7 Å². The third-order valence-corrected chi connectivity index (χ3v) is 6.70. The van der Waals surface area contributed by atoms with E-state index in [2.05, 4.69) is 0 Å². The van der Waals surface area contributed by atoms with Gasteiger partial charge in [-0.3, -0.25) is 28.2 Å². The fraction of sp³-hybridized carbons (Fsp3) is 0.773. The first kappa shape index (κ1) is 32.2. The standard InChI is InChI=1S/C22H36FN2O12P/c1-20(2,3)17(28)32-11-35-38(31,36-12-33-18(29)21(4,5)6)34-10-22(7)15(27)14(23)16(37-22)25-9-8-13(26)24-19(25)30/h8-9,14-17,27-28H,10-12H2,1-7H3,(H,24,26,30)/t14-,15+,16-,17?,22-,38?/m1/s1. The Kier molecular flexibility index (Phi) is 10.2. The number of aliphatic hydroxyl groups excluding tert-OH is 2. The minimum atomic E-state index is -4.63. The van der Waals surface area contributed by atoms with Crippen molar-refractivity contribution in [2.45, 2.75) is 78.9 Å². The first-order chi connectivity index (χ1) is 17.3. The Bertz CT molecular complexity index is 1130. The quantitative estimate of drug-likeness (QED) is 0.198. The number of aromatic amines is 1. The highest BCUT2D eigenvalue weighted by molar-refractivity contribution is 7.48. The number of H-pyrrole nitrogens is 1. The lowest BCUT2D eigenvalue weighted by Gasteiger charge is -2.29. The first-order valence-electron chi connectivity index (χ1n) is 11.6. The lowest BCUT2D eigenvalue weighted by atomic mass is 9.96. The summed E-state index contributed by atoms with van der Waals surface area (Å²) >= 11 is 0. The zero-order valence-corrected chi connectivity index (χ0v) is 23.2. The van der Waals surface area contributed by atoms with Crippen LogP contribution in [-0.4, -0.2) is 70.1 Å². The predicted octanol–water partition coefficient (Wildman–Crippen LogP) is 1.57. The Balaban J connectivity index is 2.16. The number of aromatic nitrogens is 2. The smallest absolute Gasteiger partial charge is 0.437 e. The summed E-state index contributed by atoms with van der Waals surface area (Å²) in [6, 6.07) is 0.969. The van der Waals surface area contributed by atoms with Crippen molar-refractivity contribution in [1.29, 1.82) is 0 Å². The molecule has 218 valence electrons. The summed E-state index contributed by atoms with van der Waals surface area (Å²) in [7, 11) is -4.63. The maximum absolute atomic E-state index is 15.0. The first-order valence-corrected chi connectivity index (χ1v) is 13.1. The summed E-state index contributed by atoms with van der Waals surface area (Å²) in [6.07, 6.45) is -6.00. The van der Waals surface area contributed by atoms with Crippen molar-refractivity contribution in [3.05, 3.63) is 33.1 Å². The van der Waals surface area contributed by atoms with Gasteiger partial charge in [0.1, 0.15) is 11.7 Å². The molecule has 0 radical (unpaired) electrons. The molecule has 2 rings (SSSR count). The molecule has 0 amide bonds. The van der Waals surface area contributed by atoms with Crippen molar-refractivity contribution in [3.63, 3.8) is 0 Å². The van der Waals surface area contributed by atoms with Crippen LogP contribution in [0.5, 0.6) is 0 Å². The summed E-state index contributed by atoms with van der Waals surface area (Å²) in [5, 5.41) is 20.5. The normalized spacial score (nSPS) is 26.6. The van der Waals surface area contributed by atoms with Crippen LogP contribution in [0.2, 0.25) is 0 Å². The van der Waals surface area contributed by atoms with Gasteiger partial charge in [0.25, 0.3) is 5.56 Å². The Morgan fingerprint density at radius 1 is 1.21 bits per heavy atom. The molecule has 1 aromatic heterocycles. The number of carbonyl (C=O) groups is 1. The molecule has 1 fully saturated rings. The molecule has 6 atom stereocenters. The molecule has 1 aliphatic rings. The summed E-state index contributed by atoms with van der Waals surface area (Å²) in [5.41, 5.74) is -5.18. The summed E-state index contributed by atoms with van der Waals surface area (Å²) in [4.78, 5) is 37.4. The van der Waals surface area contributed by atoms with Gasteiger partial charge in [-0.25, -0.2) is 18.3 Å².